The summed E-state index contributed by atoms with van der Waals surface area (Å²) in [5.74, 6) is 0.733. The zero-order valence-electron chi connectivity index (χ0n) is 15.4. The lowest BCUT2D eigenvalue weighted by atomic mass is 10.1. The Morgan fingerprint density at radius 2 is 1.86 bits per heavy atom. The predicted octanol–water partition coefficient (Wildman–Crippen LogP) is 4.32. The molecule has 0 bridgehead atoms. The smallest absolute Gasteiger partial charge is 0.213 e. The summed E-state index contributed by atoms with van der Waals surface area (Å²) in [5.41, 5.74) is 3.18. The predicted molar refractivity (Wildman–Crippen MR) is 111 cm³/mol. The van der Waals surface area contributed by atoms with E-state index < -0.39 is 0 Å². The van der Waals surface area contributed by atoms with E-state index >= 15 is 0 Å². The van der Waals surface area contributed by atoms with Crippen LogP contribution >= 0.6 is 0 Å². The van der Waals surface area contributed by atoms with Crippen molar-refractivity contribution in [2.45, 2.75) is 31.8 Å². The molecule has 2 aromatic carbocycles. The highest BCUT2D eigenvalue weighted by atomic mass is 16.5. The highest BCUT2D eigenvalue weighted by molar-refractivity contribution is 6.04. The third-order valence-corrected chi connectivity index (χ3v) is 4.94. The second-order valence-corrected chi connectivity index (χ2v) is 6.85. The van der Waals surface area contributed by atoms with Crippen molar-refractivity contribution in [3.8, 4) is 17.0 Å². The SMILES string of the molecule is N=C(NC=O)Nc1cc(-c2ccccc2OC2CCCC2)nc2ccccc12. The van der Waals surface area contributed by atoms with Crippen molar-refractivity contribution in [1.29, 1.82) is 5.41 Å². The fraction of sp³-hybridized carbons (Fsp3) is 0.227. The number of carbonyl (C=O) groups excluding carboxylic acids is 1. The normalized spacial score (nSPS) is 14.0. The average Bonchev–Trinajstić information content (AvgIpc) is 3.21. The van der Waals surface area contributed by atoms with E-state index in [4.69, 9.17) is 15.1 Å². The minimum Gasteiger partial charge on any atom is -0.490 e. The lowest BCUT2D eigenvalue weighted by Gasteiger charge is -2.17. The molecule has 28 heavy (non-hydrogen) atoms. The summed E-state index contributed by atoms with van der Waals surface area (Å²) in [6.45, 7) is 0. The molecule has 0 spiro atoms. The number of carbonyl (C=O) groups is 1. The maximum atomic E-state index is 10.6. The van der Waals surface area contributed by atoms with Crippen molar-refractivity contribution < 1.29 is 9.53 Å². The summed E-state index contributed by atoms with van der Waals surface area (Å²) >= 11 is 0. The van der Waals surface area contributed by atoms with Crippen molar-refractivity contribution >= 4 is 29.0 Å². The van der Waals surface area contributed by atoms with Gasteiger partial charge in [0.15, 0.2) is 5.96 Å². The van der Waals surface area contributed by atoms with E-state index in [0.717, 1.165) is 40.8 Å². The first-order valence-electron chi connectivity index (χ1n) is 9.46. The van der Waals surface area contributed by atoms with Crippen LogP contribution in [0.25, 0.3) is 22.2 Å². The van der Waals surface area contributed by atoms with E-state index in [1.165, 1.54) is 12.8 Å². The Morgan fingerprint density at radius 1 is 1.11 bits per heavy atom. The second kappa shape index (κ2) is 8.08. The van der Waals surface area contributed by atoms with Gasteiger partial charge in [-0.3, -0.25) is 15.5 Å². The number of nitrogens with one attached hydrogen (secondary N) is 3. The van der Waals surface area contributed by atoms with Gasteiger partial charge in [0.1, 0.15) is 5.75 Å². The van der Waals surface area contributed by atoms with Crippen LogP contribution in [-0.4, -0.2) is 23.5 Å². The second-order valence-electron chi connectivity index (χ2n) is 6.85. The van der Waals surface area contributed by atoms with E-state index in [1.807, 2.05) is 54.6 Å². The van der Waals surface area contributed by atoms with Crippen LogP contribution in [0, 0.1) is 5.41 Å². The van der Waals surface area contributed by atoms with Gasteiger partial charge in [0, 0.05) is 10.9 Å². The number of amides is 1. The number of rotatable bonds is 5. The fourth-order valence-electron chi connectivity index (χ4n) is 3.61. The molecule has 6 heteroatoms. The number of nitrogens with zero attached hydrogens (tertiary/aromatic N) is 1. The van der Waals surface area contributed by atoms with Crippen molar-refractivity contribution in [3.05, 3.63) is 54.6 Å². The highest BCUT2D eigenvalue weighted by Gasteiger charge is 2.19. The maximum absolute atomic E-state index is 10.6. The first kappa shape index (κ1) is 18.0. The molecule has 142 valence electrons. The monoisotopic (exact) mass is 374 g/mol. The van der Waals surface area contributed by atoms with Gasteiger partial charge in [0.25, 0.3) is 0 Å². The largest absolute Gasteiger partial charge is 0.490 e. The summed E-state index contributed by atoms with van der Waals surface area (Å²) in [6.07, 6.45) is 5.32. The molecule has 1 aliphatic carbocycles. The number of benzene rings is 2. The van der Waals surface area contributed by atoms with Gasteiger partial charge in [0.2, 0.25) is 6.41 Å². The Kier molecular flexibility index (Phi) is 5.19. The molecule has 3 aromatic rings. The molecule has 4 rings (SSSR count). The molecule has 3 N–H and O–H groups in total. The topological polar surface area (TPSA) is 87.1 Å². The van der Waals surface area contributed by atoms with Crippen LogP contribution in [0.5, 0.6) is 5.75 Å². The summed E-state index contributed by atoms with van der Waals surface area (Å²) in [5, 5.41) is 14.0. The zero-order valence-corrected chi connectivity index (χ0v) is 15.4. The summed E-state index contributed by atoms with van der Waals surface area (Å²) in [4.78, 5) is 15.5. The molecule has 6 nitrogen and oxygen atoms in total. The van der Waals surface area contributed by atoms with E-state index in [2.05, 4.69) is 10.6 Å². The van der Waals surface area contributed by atoms with Crippen molar-refractivity contribution in [2.24, 2.45) is 0 Å². The maximum Gasteiger partial charge on any atom is 0.213 e. The number of guanidine groups is 1. The van der Waals surface area contributed by atoms with Crippen LogP contribution in [0.1, 0.15) is 25.7 Å². The Labute approximate surface area is 163 Å². The fourth-order valence-corrected chi connectivity index (χ4v) is 3.61. The molecule has 1 amide bonds. The molecule has 1 saturated carbocycles. The molecule has 0 radical (unpaired) electrons. The van der Waals surface area contributed by atoms with Gasteiger partial charge >= 0.3 is 0 Å². The van der Waals surface area contributed by atoms with Crippen LogP contribution < -0.4 is 15.4 Å². The molecule has 0 saturated heterocycles. The molecule has 1 heterocycles. The van der Waals surface area contributed by atoms with Crippen molar-refractivity contribution in [1.82, 2.24) is 10.3 Å². The third-order valence-electron chi connectivity index (χ3n) is 4.94. The standard InChI is InChI=1S/C22H22N4O2/c23-22(24-14-27)26-19-13-20(25-18-11-5-3-9-16(18)19)17-10-4-6-12-21(17)28-15-7-1-2-8-15/h3-6,9-15H,1-2,7-8H2,(H3,23,24,25,26,27). The minimum atomic E-state index is -0.0900. The zero-order chi connectivity index (χ0) is 19.3. The van der Waals surface area contributed by atoms with Crippen LogP contribution in [0.4, 0.5) is 5.69 Å². The van der Waals surface area contributed by atoms with Gasteiger partial charge in [-0.25, -0.2) is 4.98 Å². The van der Waals surface area contributed by atoms with Gasteiger partial charge < -0.3 is 10.1 Å². The summed E-state index contributed by atoms with van der Waals surface area (Å²) in [7, 11) is 0. The van der Waals surface area contributed by atoms with E-state index in [9.17, 15) is 4.79 Å². The van der Waals surface area contributed by atoms with Gasteiger partial charge in [-0.2, -0.15) is 0 Å². The highest BCUT2D eigenvalue weighted by Crippen LogP contribution is 2.35. The van der Waals surface area contributed by atoms with E-state index in [1.54, 1.807) is 0 Å². The number of hydrogen-bond acceptors (Lipinski definition) is 4. The first-order chi connectivity index (χ1) is 13.7. The lowest BCUT2D eigenvalue weighted by Crippen LogP contribution is -2.28. The van der Waals surface area contributed by atoms with Crippen LogP contribution in [0.15, 0.2) is 54.6 Å². The number of anilines is 1. The van der Waals surface area contributed by atoms with Crippen LogP contribution in [0.2, 0.25) is 0 Å². The summed E-state index contributed by atoms with van der Waals surface area (Å²) in [6, 6.07) is 17.5. The number of ether oxygens (including phenoxy) is 1. The molecule has 0 aliphatic heterocycles. The lowest BCUT2D eigenvalue weighted by molar-refractivity contribution is -0.108. The number of pyridine rings is 1. The molecule has 0 atom stereocenters. The van der Waals surface area contributed by atoms with Gasteiger partial charge in [0.05, 0.1) is 23.0 Å². The summed E-state index contributed by atoms with van der Waals surface area (Å²) < 4.78 is 6.27. The molecule has 1 aromatic heterocycles. The quantitative estimate of drug-likeness (QED) is 0.353. The Bertz CT molecular complexity index is 1010. The molecular weight excluding hydrogens is 352 g/mol. The Hall–Kier alpha value is -3.41. The number of hydrogen-bond donors (Lipinski definition) is 3. The molecule has 0 unspecified atom stereocenters. The number of fused-ring (bicyclic) bond motifs is 1. The van der Waals surface area contributed by atoms with Crippen molar-refractivity contribution in [2.75, 3.05) is 5.32 Å². The van der Waals surface area contributed by atoms with Crippen molar-refractivity contribution in [3.63, 3.8) is 0 Å². The van der Waals surface area contributed by atoms with Gasteiger partial charge in [-0.15, -0.1) is 0 Å². The Balaban J connectivity index is 1.76. The molecule has 1 fully saturated rings. The minimum absolute atomic E-state index is 0.0900. The number of para-hydroxylation sites is 2. The molecule has 1 aliphatic rings. The van der Waals surface area contributed by atoms with Gasteiger partial charge in [-0.1, -0.05) is 30.3 Å². The molecular formula is C22H22N4O2. The number of aromatic nitrogens is 1. The van der Waals surface area contributed by atoms with E-state index in [0.29, 0.717) is 12.1 Å². The van der Waals surface area contributed by atoms with Gasteiger partial charge in [-0.05, 0) is 49.9 Å². The van der Waals surface area contributed by atoms with E-state index in [-0.39, 0.29) is 12.1 Å². The first-order valence-corrected chi connectivity index (χ1v) is 9.46. The van der Waals surface area contributed by atoms with Crippen LogP contribution in [-0.2, 0) is 4.79 Å². The Morgan fingerprint density at radius 3 is 2.68 bits per heavy atom. The van der Waals surface area contributed by atoms with Crippen LogP contribution in [0.3, 0.4) is 0 Å². The average molecular weight is 374 g/mol. The third kappa shape index (κ3) is 3.81.